The maximum absolute atomic E-state index is 10.7. The highest BCUT2D eigenvalue weighted by molar-refractivity contribution is 7.85. The van der Waals surface area contributed by atoms with Gasteiger partial charge in [0.25, 0.3) is 10.1 Å². The standard InChI is InChI=1S/C17H29N.C8H8O3S/c1-4-5-6-7-11-14-17(18(2)3)15-16-12-9-8-10-13-16;1-2-7-5-3-4-6-8(7)12(9,10)11/h8-10,12-13,17H,4-7,11,14-15H2,1-3H3;2-6H,1H2,(H,9,10,11). The summed E-state index contributed by atoms with van der Waals surface area (Å²) in [4.78, 5) is 2.27. The van der Waals surface area contributed by atoms with Gasteiger partial charge in [-0.05, 0) is 44.1 Å². The number of likely N-dealkylation sites (N-methyl/N-ethyl adjacent to an activating group) is 1. The molecule has 1 unspecified atom stereocenters. The largest absolute Gasteiger partial charge is 0.306 e. The van der Waals surface area contributed by atoms with Gasteiger partial charge >= 0.3 is 0 Å². The summed E-state index contributed by atoms with van der Waals surface area (Å²) < 4.78 is 30.2. The predicted octanol–water partition coefficient (Wildman–Crippen LogP) is 6.10. The van der Waals surface area contributed by atoms with Gasteiger partial charge in [0.2, 0.25) is 0 Å². The van der Waals surface area contributed by atoms with Crippen LogP contribution in [0.1, 0.15) is 56.6 Å². The molecule has 0 bridgehead atoms. The fourth-order valence-corrected chi connectivity index (χ4v) is 4.00. The number of benzene rings is 2. The molecule has 0 heterocycles. The van der Waals surface area contributed by atoms with Crippen molar-refractivity contribution < 1.29 is 13.0 Å². The molecule has 2 rings (SSSR count). The molecular weight excluding hydrogens is 394 g/mol. The highest BCUT2D eigenvalue weighted by Crippen LogP contribution is 2.16. The van der Waals surface area contributed by atoms with Crippen LogP contribution in [0.25, 0.3) is 6.08 Å². The lowest BCUT2D eigenvalue weighted by Gasteiger charge is -2.24. The molecule has 0 spiro atoms. The molecule has 4 nitrogen and oxygen atoms in total. The Hall–Kier alpha value is -1.95. The molecule has 1 N–H and O–H groups in total. The van der Waals surface area contributed by atoms with Gasteiger partial charge in [-0.2, -0.15) is 8.42 Å². The SMILES string of the molecule is C=Cc1ccccc1S(=O)(=O)O.CCCCCCCC(Cc1ccccc1)N(C)C. The summed E-state index contributed by atoms with van der Waals surface area (Å²) in [5.41, 5.74) is 1.87. The van der Waals surface area contributed by atoms with Crippen molar-refractivity contribution in [2.75, 3.05) is 14.1 Å². The van der Waals surface area contributed by atoms with E-state index in [0.29, 0.717) is 11.6 Å². The zero-order chi connectivity index (χ0) is 22.4. The first kappa shape index (κ1) is 26.1. The topological polar surface area (TPSA) is 57.6 Å². The van der Waals surface area contributed by atoms with Crippen molar-refractivity contribution in [1.29, 1.82) is 0 Å². The molecule has 2 aromatic rings. The van der Waals surface area contributed by atoms with Crippen molar-refractivity contribution in [1.82, 2.24) is 4.90 Å². The van der Waals surface area contributed by atoms with Gasteiger partial charge in [0.1, 0.15) is 4.90 Å². The first-order chi connectivity index (χ1) is 14.3. The number of hydrogen-bond acceptors (Lipinski definition) is 3. The molecule has 0 amide bonds. The molecule has 5 heteroatoms. The first-order valence-corrected chi connectivity index (χ1v) is 12.1. The Kier molecular flexibility index (Phi) is 12.3. The molecule has 1 atom stereocenters. The van der Waals surface area contributed by atoms with Crippen LogP contribution >= 0.6 is 0 Å². The van der Waals surface area contributed by atoms with Gasteiger partial charge in [0.15, 0.2) is 0 Å². The first-order valence-electron chi connectivity index (χ1n) is 10.7. The number of hydrogen-bond donors (Lipinski definition) is 1. The quantitative estimate of drug-likeness (QED) is 0.345. The van der Waals surface area contributed by atoms with Crippen LogP contribution in [-0.2, 0) is 16.5 Å². The molecule has 0 aliphatic heterocycles. The van der Waals surface area contributed by atoms with E-state index < -0.39 is 10.1 Å². The van der Waals surface area contributed by atoms with Crippen molar-refractivity contribution >= 4 is 16.2 Å². The maximum atomic E-state index is 10.7. The average molecular weight is 432 g/mol. The Morgan fingerprint density at radius 2 is 1.57 bits per heavy atom. The van der Waals surface area contributed by atoms with E-state index in [4.69, 9.17) is 4.55 Å². The highest BCUT2D eigenvalue weighted by Gasteiger charge is 2.12. The van der Waals surface area contributed by atoms with Crippen LogP contribution in [0.15, 0.2) is 66.1 Å². The smallest absolute Gasteiger partial charge is 0.295 e. The van der Waals surface area contributed by atoms with Crippen LogP contribution in [0, 0.1) is 0 Å². The summed E-state index contributed by atoms with van der Waals surface area (Å²) >= 11 is 0. The van der Waals surface area contributed by atoms with Crippen LogP contribution < -0.4 is 0 Å². The maximum Gasteiger partial charge on any atom is 0.295 e. The highest BCUT2D eigenvalue weighted by atomic mass is 32.2. The third-order valence-corrected chi connectivity index (χ3v) is 6.03. The van der Waals surface area contributed by atoms with E-state index in [1.807, 2.05) is 0 Å². The second-order valence-electron chi connectivity index (χ2n) is 7.73. The van der Waals surface area contributed by atoms with E-state index in [0.717, 1.165) is 0 Å². The van der Waals surface area contributed by atoms with Crippen molar-refractivity contribution in [3.8, 4) is 0 Å². The van der Waals surface area contributed by atoms with E-state index in [1.165, 1.54) is 68.7 Å². The van der Waals surface area contributed by atoms with Gasteiger partial charge in [0, 0.05) is 6.04 Å². The molecule has 0 saturated carbocycles. The molecule has 0 fully saturated rings. The van der Waals surface area contributed by atoms with Crippen LogP contribution in [0.2, 0.25) is 0 Å². The Labute approximate surface area is 183 Å². The van der Waals surface area contributed by atoms with Crippen LogP contribution in [-0.4, -0.2) is 38.0 Å². The third kappa shape index (κ3) is 10.2. The molecule has 0 aromatic heterocycles. The summed E-state index contributed by atoms with van der Waals surface area (Å²) in [6.45, 7) is 5.71. The van der Waals surface area contributed by atoms with Crippen molar-refractivity contribution in [3.05, 3.63) is 72.3 Å². The lowest BCUT2D eigenvalue weighted by Crippen LogP contribution is -2.30. The minimum absolute atomic E-state index is 0.111. The van der Waals surface area contributed by atoms with Crippen molar-refractivity contribution in [2.45, 2.75) is 62.8 Å². The zero-order valence-corrected chi connectivity index (χ0v) is 19.4. The van der Waals surface area contributed by atoms with E-state index >= 15 is 0 Å². The molecule has 0 radical (unpaired) electrons. The number of rotatable bonds is 11. The molecule has 30 heavy (non-hydrogen) atoms. The average Bonchev–Trinajstić information content (AvgIpc) is 2.73. The molecule has 0 aliphatic carbocycles. The van der Waals surface area contributed by atoms with E-state index in [9.17, 15) is 8.42 Å². The third-order valence-electron chi connectivity index (χ3n) is 5.10. The van der Waals surface area contributed by atoms with Gasteiger partial charge in [0.05, 0.1) is 0 Å². The van der Waals surface area contributed by atoms with Gasteiger partial charge in [-0.15, -0.1) is 0 Å². The van der Waals surface area contributed by atoms with E-state index in [-0.39, 0.29) is 4.90 Å². The molecule has 2 aromatic carbocycles. The van der Waals surface area contributed by atoms with Crippen LogP contribution in [0.3, 0.4) is 0 Å². The fourth-order valence-electron chi connectivity index (χ4n) is 3.30. The monoisotopic (exact) mass is 431 g/mol. The normalized spacial score (nSPS) is 12.2. The minimum Gasteiger partial charge on any atom is -0.306 e. The Bertz CT molecular complexity index is 832. The molecule has 0 aliphatic rings. The summed E-state index contributed by atoms with van der Waals surface area (Å²) in [7, 11) is 0.299. The van der Waals surface area contributed by atoms with E-state index in [2.05, 4.69) is 62.8 Å². The van der Waals surface area contributed by atoms with E-state index in [1.54, 1.807) is 12.1 Å². The lowest BCUT2D eigenvalue weighted by atomic mass is 9.99. The zero-order valence-electron chi connectivity index (χ0n) is 18.6. The number of unbranched alkanes of at least 4 members (excludes halogenated alkanes) is 4. The summed E-state index contributed by atoms with van der Waals surface area (Å²) in [6, 6.07) is 17.7. The van der Waals surface area contributed by atoms with Gasteiger partial charge in [-0.1, -0.05) is 100 Å². The Balaban J connectivity index is 0.000000325. The summed E-state index contributed by atoms with van der Waals surface area (Å²) in [6.07, 6.45) is 10.8. The summed E-state index contributed by atoms with van der Waals surface area (Å²) in [5, 5.41) is 0. The van der Waals surface area contributed by atoms with Crippen molar-refractivity contribution in [2.24, 2.45) is 0 Å². The molecular formula is C25H37NO3S. The predicted molar refractivity (Wildman–Crippen MR) is 127 cm³/mol. The van der Waals surface area contributed by atoms with Gasteiger partial charge in [-0.3, -0.25) is 4.55 Å². The minimum atomic E-state index is -4.12. The fraction of sp³-hybridized carbons (Fsp3) is 0.440. The second-order valence-corrected chi connectivity index (χ2v) is 9.12. The Morgan fingerprint density at radius 3 is 2.10 bits per heavy atom. The number of nitrogens with zero attached hydrogens (tertiary/aromatic N) is 1. The molecule has 0 saturated heterocycles. The lowest BCUT2D eigenvalue weighted by molar-refractivity contribution is 0.269. The van der Waals surface area contributed by atoms with Crippen LogP contribution in [0.5, 0.6) is 0 Å². The summed E-state index contributed by atoms with van der Waals surface area (Å²) in [5.74, 6) is 0. The van der Waals surface area contributed by atoms with Gasteiger partial charge in [-0.25, -0.2) is 0 Å². The Morgan fingerprint density at radius 1 is 0.967 bits per heavy atom. The molecule has 166 valence electrons. The van der Waals surface area contributed by atoms with Crippen LogP contribution in [0.4, 0.5) is 0 Å². The van der Waals surface area contributed by atoms with Crippen molar-refractivity contribution in [3.63, 3.8) is 0 Å². The second kappa shape index (κ2) is 14.1. The van der Waals surface area contributed by atoms with Gasteiger partial charge < -0.3 is 4.90 Å².